The number of fused-ring (bicyclic) bond motifs is 1. The van der Waals surface area contributed by atoms with Crippen molar-refractivity contribution in [1.82, 2.24) is 0 Å². The number of hydrogen-bond acceptors (Lipinski definition) is 3. The molecule has 16 heavy (non-hydrogen) atoms. The van der Waals surface area contributed by atoms with Gasteiger partial charge in [-0.3, -0.25) is 0 Å². The Hall–Kier alpha value is -0.910. The minimum atomic E-state index is -3.64. The first-order chi connectivity index (χ1) is 7.43. The topological polar surface area (TPSA) is 60.2 Å². The van der Waals surface area contributed by atoms with E-state index in [-0.39, 0.29) is 0 Å². The molecule has 0 aliphatic heterocycles. The van der Waals surface area contributed by atoms with Crippen molar-refractivity contribution in [2.75, 3.05) is 0 Å². The lowest BCUT2D eigenvalue weighted by molar-refractivity contribution is 0.598. The highest BCUT2D eigenvalue weighted by Crippen LogP contribution is 2.34. The second kappa shape index (κ2) is 3.84. The molecule has 0 saturated carbocycles. The summed E-state index contributed by atoms with van der Waals surface area (Å²) < 4.78 is 24.1. The maximum atomic E-state index is 11.6. The highest BCUT2D eigenvalue weighted by atomic mass is 32.2. The molecule has 0 amide bonds. The number of sulfonamides is 1. The maximum Gasteiger partial charge on any atom is 0.239 e. The molecule has 1 aromatic heterocycles. The SMILES string of the molecule is CCc1sc2ccc(C)cc2c1S(N)(=O)=O. The third-order valence-corrected chi connectivity index (χ3v) is 4.95. The smallest absolute Gasteiger partial charge is 0.225 e. The predicted molar refractivity (Wildman–Crippen MR) is 67.3 cm³/mol. The van der Waals surface area contributed by atoms with Gasteiger partial charge >= 0.3 is 0 Å². The van der Waals surface area contributed by atoms with Crippen molar-refractivity contribution < 1.29 is 8.42 Å². The van der Waals surface area contributed by atoms with Crippen LogP contribution in [-0.4, -0.2) is 8.42 Å². The molecule has 86 valence electrons. The van der Waals surface area contributed by atoms with Crippen LogP contribution in [0.4, 0.5) is 0 Å². The highest BCUT2D eigenvalue weighted by Gasteiger charge is 2.20. The summed E-state index contributed by atoms with van der Waals surface area (Å²) in [7, 11) is -3.64. The number of thiophene rings is 1. The molecule has 0 radical (unpaired) electrons. The van der Waals surface area contributed by atoms with Crippen LogP contribution in [0.5, 0.6) is 0 Å². The van der Waals surface area contributed by atoms with Crippen LogP contribution in [0.2, 0.25) is 0 Å². The van der Waals surface area contributed by atoms with Crippen molar-refractivity contribution in [1.29, 1.82) is 0 Å². The molecule has 0 aliphatic carbocycles. The van der Waals surface area contributed by atoms with E-state index in [1.807, 2.05) is 32.0 Å². The van der Waals surface area contributed by atoms with Gasteiger partial charge in [0.15, 0.2) is 0 Å². The molecule has 3 nitrogen and oxygen atoms in total. The minimum absolute atomic E-state index is 0.304. The number of aryl methyl sites for hydroxylation is 2. The quantitative estimate of drug-likeness (QED) is 0.895. The van der Waals surface area contributed by atoms with E-state index in [1.54, 1.807) is 0 Å². The Kier molecular flexibility index (Phi) is 2.77. The van der Waals surface area contributed by atoms with Crippen molar-refractivity contribution in [3.05, 3.63) is 28.6 Å². The highest BCUT2D eigenvalue weighted by molar-refractivity contribution is 7.89. The van der Waals surface area contributed by atoms with E-state index in [4.69, 9.17) is 5.14 Å². The molecule has 0 unspecified atom stereocenters. The van der Waals surface area contributed by atoms with Crippen LogP contribution in [0.1, 0.15) is 17.4 Å². The molecular weight excluding hydrogens is 242 g/mol. The molecule has 2 N–H and O–H groups in total. The van der Waals surface area contributed by atoms with E-state index >= 15 is 0 Å². The summed E-state index contributed by atoms with van der Waals surface area (Å²) in [5.41, 5.74) is 1.04. The normalized spacial score (nSPS) is 12.2. The van der Waals surface area contributed by atoms with Crippen molar-refractivity contribution in [2.45, 2.75) is 25.2 Å². The Bertz CT molecular complexity index is 641. The van der Waals surface area contributed by atoms with Gasteiger partial charge in [0, 0.05) is 15.0 Å². The van der Waals surface area contributed by atoms with Crippen LogP contribution in [0.25, 0.3) is 10.1 Å². The first kappa shape index (κ1) is 11.6. The number of primary sulfonamides is 1. The second-order valence-corrected chi connectivity index (χ2v) is 6.39. The van der Waals surface area contributed by atoms with Crippen LogP contribution >= 0.6 is 11.3 Å². The van der Waals surface area contributed by atoms with Gasteiger partial charge in [-0.2, -0.15) is 0 Å². The Morgan fingerprint density at radius 2 is 2.06 bits per heavy atom. The van der Waals surface area contributed by atoms with Crippen molar-refractivity contribution in [3.8, 4) is 0 Å². The summed E-state index contributed by atoms with van der Waals surface area (Å²) >= 11 is 1.50. The zero-order valence-electron chi connectivity index (χ0n) is 9.15. The molecule has 5 heteroatoms. The van der Waals surface area contributed by atoms with E-state index in [0.29, 0.717) is 11.3 Å². The van der Waals surface area contributed by atoms with Crippen LogP contribution in [0, 0.1) is 6.92 Å². The molecule has 0 bridgehead atoms. The van der Waals surface area contributed by atoms with Gasteiger partial charge in [-0.15, -0.1) is 11.3 Å². The molecule has 2 aromatic rings. The standard InChI is InChI=1S/C11H13NO2S2/c1-3-9-11(16(12,13)14)8-6-7(2)4-5-10(8)15-9/h4-6H,3H2,1-2H3,(H2,12,13,14). The summed E-state index contributed by atoms with van der Waals surface area (Å²) in [6, 6.07) is 5.80. The van der Waals surface area contributed by atoms with Crippen LogP contribution in [0.3, 0.4) is 0 Å². The predicted octanol–water partition coefficient (Wildman–Crippen LogP) is 2.42. The lowest BCUT2D eigenvalue weighted by Gasteiger charge is -1.99. The molecule has 2 rings (SSSR count). The van der Waals surface area contributed by atoms with Crippen molar-refractivity contribution in [2.24, 2.45) is 5.14 Å². The van der Waals surface area contributed by atoms with Gasteiger partial charge in [-0.25, -0.2) is 13.6 Å². The van der Waals surface area contributed by atoms with E-state index < -0.39 is 10.0 Å². The summed E-state index contributed by atoms with van der Waals surface area (Å²) in [4.78, 5) is 1.14. The largest absolute Gasteiger partial charge is 0.239 e. The lowest BCUT2D eigenvalue weighted by atomic mass is 10.2. The van der Waals surface area contributed by atoms with Crippen LogP contribution < -0.4 is 5.14 Å². The second-order valence-electron chi connectivity index (χ2n) is 3.75. The monoisotopic (exact) mass is 255 g/mol. The molecule has 0 aliphatic rings. The molecule has 0 spiro atoms. The van der Waals surface area contributed by atoms with Gasteiger partial charge in [0.1, 0.15) is 4.90 Å². The van der Waals surface area contributed by atoms with E-state index in [0.717, 1.165) is 20.5 Å². The van der Waals surface area contributed by atoms with Crippen molar-refractivity contribution >= 4 is 31.4 Å². The number of benzene rings is 1. The Balaban J connectivity index is 2.92. The van der Waals surface area contributed by atoms with Gasteiger partial charge in [-0.1, -0.05) is 18.6 Å². The summed E-state index contributed by atoms with van der Waals surface area (Å²) in [5, 5.41) is 6.03. The van der Waals surface area contributed by atoms with E-state index in [1.165, 1.54) is 11.3 Å². The molecule has 0 atom stereocenters. The molecule has 0 fully saturated rings. The van der Waals surface area contributed by atoms with Gasteiger partial charge < -0.3 is 0 Å². The van der Waals surface area contributed by atoms with Gasteiger partial charge in [0.05, 0.1) is 0 Å². The zero-order chi connectivity index (χ0) is 11.9. The van der Waals surface area contributed by atoms with Gasteiger partial charge in [-0.05, 0) is 25.5 Å². The average Bonchev–Trinajstić information content (AvgIpc) is 2.54. The Morgan fingerprint density at radius 1 is 1.38 bits per heavy atom. The third kappa shape index (κ3) is 1.86. The molecule has 0 saturated heterocycles. The van der Waals surface area contributed by atoms with Crippen LogP contribution in [0.15, 0.2) is 23.1 Å². The fourth-order valence-electron chi connectivity index (χ4n) is 1.78. The first-order valence-electron chi connectivity index (χ1n) is 4.98. The molecular formula is C11H13NO2S2. The fraction of sp³-hybridized carbons (Fsp3) is 0.273. The van der Waals surface area contributed by atoms with Crippen molar-refractivity contribution in [3.63, 3.8) is 0 Å². The summed E-state index contributed by atoms with van der Waals surface area (Å²) in [5.74, 6) is 0. The van der Waals surface area contributed by atoms with E-state index in [2.05, 4.69) is 0 Å². The number of hydrogen-bond donors (Lipinski definition) is 1. The van der Waals surface area contributed by atoms with Gasteiger partial charge in [0.25, 0.3) is 0 Å². The minimum Gasteiger partial charge on any atom is -0.225 e. The summed E-state index contributed by atoms with van der Waals surface area (Å²) in [6.45, 7) is 3.88. The average molecular weight is 255 g/mol. The number of rotatable bonds is 2. The molecule has 1 heterocycles. The zero-order valence-corrected chi connectivity index (χ0v) is 10.8. The third-order valence-electron chi connectivity index (χ3n) is 2.47. The van der Waals surface area contributed by atoms with E-state index in [9.17, 15) is 8.42 Å². The maximum absolute atomic E-state index is 11.6. The Morgan fingerprint density at radius 3 is 2.62 bits per heavy atom. The molecule has 1 aromatic carbocycles. The van der Waals surface area contributed by atoms with Gasteiger partial charge in [0.2, 0.25) is 10.0 Å². The lowest BCUT2D eigenvalue weighted by Crippen LogP contribution is -2.13. The number of nitrogens with two attached hydrogens (primary N) is 1. The summed E-state index contributed by atoms with van der Waals surface area (Å²) in [6.07, 6.45) is 0.685. The van der Waals surface area contributed by atoms with Crippen LogP contribution in [-0.2, 0) is 16.4 Å². The first-order valence-corrected chi connectivity index (χ1v) is 7.34. The fourth-order valence-corrected chi connectivity index (χ4v) is 4.28. The Labute approximate surface area is 98.9 Å².